The van der Waals surface area contributed by atoms with Crippen molar-refractivity contribution >= 4 is 21.4 Å². The molecule has 0 radical (unpaired) electrons. The van der Waals surface area contributed by atoms with Crippen LogP contribution in [0.3, 0.4) is 0 Å². The number of carbonyl (C=O) groups excluding carboxylic acids is 1. The van der Waals surface area contributed by atoms with Crippen molar-refractivity contribution in [1.82, 2.24) is 4.90 Å². The van der Waals surface area contributed by atoms with Crippen LogP contribution in [0.2, 0.25) is 0 Å². The molecule has 1 fully saturated rings. The summed E-state index contributed by atoms with van der Waals surface area (Å²) in [4.78, 5) is 13.4. The fourth-order valence-electron chi connectivity index (χ4n) is 2.14. The molecule has 6 heteroatoms. The van der Waals surface area contributed by atoms with Gasteiger partial charge in [0.2, 0.25) is 0 Å². The highest BCUT2D eigenvalue weighted by atomic mass is 32.2. The number of anilines is 1. The van der Waals surface area contributed by atoms with E-state index in [0.29, 0.717) is 12.0 Å². The molecule has 0 aromatic heterocycles. The van der Waals surface area contributed by atoms with E-state index in [0.717, 1.165) is 5.69 Å². The Bertz CT molecular complexity index is 581. The summed E-state index contributed by atoms with van der Waals surface area (Å²) >= 11 is 0. The Morgan fingerprint density at radius 3 is 2.68 bits per heavy atom. The van der Waals surface area contributed by atoms with Crippen molar-refractivity contribution in [3.8, 4) is 0 Å². The van der Waals surface area contributed by atoms with Gasteiger partial charge in [-0.05, 0) is 24.6 Å². The molecule has 104 valence electrons. The van der Waals surface area contributed by atoms with E-state index in [1.165, 1.54) is 4.90 Å². The van der Waals surface area contributed by atoms with Gasteiger partial charge in [0.15, 0.2) is 9.84 Å². The van der Waals surface area contributed by atoms with Crippen molar-refractivity contribution in [3.63, 3.8) is 0 Å². The molecule has 1 amide bonds. The Hall–Kier alpha value is -1.56. The summed E-state index contributed by atoms with van der Waals surface area (Å²) in [6.45, 7) is 0. The van der Waals surface area contributed by atoms with Gasteiger partial charge in [0.1, 0.15) is 0 Å². The summed E-state index contributed by atoms with van der Waals surface area (Å²) in [6.07, 6.45) is 0.619. The van der Waals surface area contributed by atoms with Crippen LogP contribution < -0.4 is 5.32 Å². The van der Waals surface area contributed by atoms with Gasteiger partial charge < -0.3 is 10.2 Å². The minimum atomic E-state index is -2.89. The highest BCUT2D eigenvalue weighted by Crippen LogP contribution is 2.18. The Balaban J connectivity index is 2.10. The van der Waals surface area contributed by atoms with Crippen LogP contribution in [0.25, 0.3) is 0 Å². The largest absolute Gasteiger partial charge is 0.381 e. The van der Waals surface area contributed by atoms with Gasteiger partial charge >= 0.3 is 0 Å². The predicted octanol–water partition coefficient (Wildman–Crippen LogP) is 0.987. The second kappa shape index (κ2) is 5.21. The smallest absolute Gasteiger partial charge is 0.253 e. The standard InChI is InChI=1S/C13H18N2O3S/c1-15(2)13(16)10-4-3-5-11(8-10)14-12-6-7-19(17,18)9-12/h3-5,8,12,14H,6-7,9H2,1-2H3. The molecule has 2 rings (SSSR count). The molecule has 1 aliphatic rings. The molecule has 1 unspecified atom stereocenters. The minimum Gasteiger partial charge on any atom is -0.381 e. The first-order valence-corrected chi connectivity index (χ1v) is 7.98. The molecule has 0 aliphatic carbocycles. The summed E-state index contributed by atoms with van der Waals surface area (Å²) in [5.41, 5.74) is 1.38. The van der Waals surface area contributed by atoms with Crippen LogP contribution in [0.15, 0.2) is 24.3 Å². The molecule has 1 heterocycles. The molecule has 1 aliphatic heterocycles. The molecular formula is C13H18N2O3S. The molecule has 0 bridgehead atoms. The zero-order valence-electron chi connectivity index (χ0n) is 11.1. The van der Waals surface area contributed by atoms with E-state index >= 15 is 0 Å². The van der Waals surface area contributed by atoms with Crippen LogP contribution in [-0.4, -0.2) is 50.9 Å². The highest BCUT2D eigenvalue weighted by Gasteiger charge is 2.27. The fraction of sp³-hybridized carbons (Fsp3) is 0.462. The third kappa shape index (κ3) is 3.47. The van der Waals surface area contributed by atoms with Gasteiger partial charge in [0.05, 0.1) is 11.5 Å². The molecule has 1 aromatic rings. The lowest BCUT2D eigenvalue weighted by atomic mass is 10.1. The second-order valence-electron chi connectivity index (χ2n) is 5.02. The van der Waals surface area contributed by atoms with Crippen molar-refractivity contribution in [2.45, 2.75) is 12.5 Å². The lowest BCUT2D eigenvalue weighted by Gasteiger charge is -2.15. The highest BCUT2D eigenvalue weighted by molar-refractivity contribution is 7.91. The Morgan fingerprint density at radius 2 is 2.11 bits per heavy atom. The summed E-state index contributed by atoms with van der Waals surface area (Å²) < 4.78 is 22.8. The average Bonchev–Trinajstić information content (AvgIpc) is 2.68. The average molecular weight is 282 g/mol. The summed E-state index contributed by atoms with van der Waals surface area (Å²) in [5, 5.41) is 3.18. The zero-order chi connectivity index (χ0) is 14.0. The number of carbonyl (C=O) groups is 1. The van der Waals surface area contributed by atoms with Gasteiger partial charge in [0.25, 0.3) is 5.91 Å². The minimum absolute atomic E-state index is 0.0605. The van der Waals surface area contributed by atoms with Crippen molar-refractivity contribution < 1.29 is 13.2 Å². The molecule has 1 saturated heterocycles. The molecule has 1 N–H and O–H groups in total. The van der Waals surface area contributed by atoms with E-state index in [4.69, 9.17) is 0 Å². The summed E-state index contributed by atoms with van der Waals surface area (Å²) in [5.74, 6) is 0.336. The van der Waals surface area contributed by atoms with E-state index in [9.17, 15) is 13.2 Å². The SMILES string of the molecule is CN(C)C(=O)c1cccc(NC2CCS(=O)(=O)C2)c1. The van der Waals surface area contributed by atoms with E-state index in [2.05, 4.69) is 5.32 Å². The second-order valence-corrected chi connectivity index (χ2v) is 7.25. The van der Waals surface area contributed by atoms with Crippen molar-refractivity contribution in [1.29, 1.82) is 0 Å². The summed E-state index contributed by atoms with van der Waals surface area (Å²) in [7, 11) is 0.508. The van der Waals surface area contributed by atoms with Crippen molar-refractivity contribution in [2.75, 3.05) is 30.9 Å². The van der Waals surface area contributed by atoms with Gasteiger partial charge in [-0.2, -0.15) is 0 Å². The molecule has 1 atom stereocenters. The van der Waals surface area contributed by atoms with Gasteiger partial charge in [-0.3, -0.25) is 4.79 Å². The normalized spacial score (nSPS) is 21.1. The molecule has 0 saturated carbocycles. The summed E-state index contributed by atoms with van der Waals surface area (Å²) in [6, 6.07) is 7.08. The quantitative estimate of drug-likeness (QED) is 0.897. The van der Waals surface area contributed by atoms with Crippen LogP contribution in [0.4, 0.5) is 5.69 Å². The number of amides is 1. The molecular weight excluding hydrogens is 264 g/mol. The number of hydrogen-bond acceptors (Lipinski definition) is 4. The maximum atomic E-state index is 11.8. The molecule has 0 spiro atoms. The van der Waals surface area contributed by atoms with Crippen molar-refractivity contribution in [2.24, 2.45) is 0 Å². The topological polar surface area (TPSA) is 66.5 Å². The first-order chi connectivity index (χ1) is 8.87. The van der Waals surface area contributed by atoms with Gasteiger partial charge in [-0.1, -0.05) is 6.07 Å². The van der Waals surface area contributed by atoms with E-state index in [1.54, 1.807) is 32.3 Å². The van der Waals surface area contributed by atoms with Crippen LogP contribution in [0.5, 0.6) is 0 Å². The monoisotopic (exact) mass is 282 g/mol. The number of nitrogens with zero attached hydrogens (tertiary/aromatic N) is 1. The molecule has 1 aromatic carbocycles. The first kappa shape index (κ1) is 13.9. The number of hydrogen-bond donors (Lipinski definition) is 1. The zero-order valence-corrected chi connectivity index (χ0v) is 11.9. The number of rotatable bonds is 3. The fourth-order valence-corrected chi connectivity index (χ4v) is 3.82. The van der Waals surface area contributed by atoms with Gasteiger partial charge in [0, 0.05) is 31.4 Å². The Morgan fingerprint density at radius 1 is 1.37 bits per heavy atom. The number of sulfone groups is 1. The lowest BCUT2D eigenvalue weighted by Crippen LogP contribution is -2.23. The van der Waals surface area contributed by atoms with Gasteiger partial charge in [-0.15, -0.1) is 0 Å². The lowest BCUT2D eigenvalue weighted by molar-refractivity contribution is 0.0827. The van der Waals surface area contributed by atoms with E-state index in [-0.39, 0.29) is 23.5 Å². The number of nitrogens with one attached hydrogen (secondary N) is 1. The van der Waals surface area contributed by atoms with Crippen LogP contribution in [-0.2, 0) is 9.84 Å². The Labute approximate surface area is 113 Å². The first-order valence-electron chi connectivity index (χ1n) is 6.16. The Kier molecular flexibility index (Phi) is 3.80. The predicted molar refractivity (Wildman–Crippen MR) is 75.1 cm³/mol. The van der Waals surface area contributed by atoms with Crippen LogP contribution >= 0.6 is 0 Å². The molecule has 5 nitrogen and oxygen atoms in total. The maximum Gasteiger partial charge on any atom is 0.253 e. The van der Waals surface area contributed by atoms with Crippen molar-refractivity contribution in [3.05, 3.63) is 29.8 Å². The van der Waals surface area contributed by atoms with E-state index < -0.39 is 9.84 Å². The maximum absolute atomic E-state index is 11.8. The third-order valence-corrected chi connectivity index (χ3v) is 4.89. The number of benzene rings is 1. The van der Waals surface area contributed by atoms with Crippen LogP contribution in [0, 0.1) is 0 Å². The molecule has 19 heavy (non-hydrogen) atoms. The van der Waals surface area contributed by atoms with Gasteiger partial charge in [-0.25, -0.2) is 8.42 Å². The van der Waals surface area contributed by atoms with E-state index in [1.807, 2.05) is 6.07 Å². The van der Waals surface area contributed by atoms with Crippen LogP contribution in [0.1, 0.15) is 16.8 Å². The third-order valence-electron chi connectivity index (χ3n) is 3.12.